The van der Waals surface area contributed by atoms with Gasteiger partial charge in [-0.05, 0) is 49.6 Å². The fraction of sp³-hybridized carbons (Fsp3) is 0.381. The molecule has 0 aliphatic heterocycles. The molecule has 0 amide bonds. The van der Waals surface area contributed by atoms with Gasteiger partial charge in [0.2, 0.25) is 0 Å². The van der Waals surface area contributed by atoms with Gasteiger partial charge in [0.1, 0.15) is 12.4 Å². The molecular formula is C21H26O4. The second-order valence-corrected chi connectivity index (χ2v) is 6.29. The Bertz CT molecular complexity index is 672. The number of carbonyl (C=O) groups is 1. The SMILES string of the molecule is CCOC(=O)C(C)(C)c1ccc(-c2ccc(OCCOC)cc2)cc1. The number of benzene rings is 2. The van der Waals surface area contributed by atoms with Crippen LogP contribution in [-0.4, -0.2) is 32.9 Å². The Morgan fingerprint density at radius 3 is 2.00 bits per heavy atom. The van der Waals surface area contributed by atoms with Crippen LogP contribution >= 0.6 is 0 Å². The Balaban J connectivity index is 2.10. The summed E-state index contributed by atoms with van der Waals surface area (Å²) in [4.78, 5) is 12.1. The van der Waals surface area contributed by atoms with Crippen LogP contribution in [0.15, 0.2) is 48.5 Å². The molecule has 4 heteroatoms. The van der Waals surface area contributed by atoms with E-state index in [1.54, 1.807) is 7.11 Å². The average molecular weight is 342 g/mol. The molecule has 0 saturated carbocycles. The van der Waals surface area contributed by atoms with Crippen molar-refractivity contribution in [2.24, 2.45) is 0 Å². The van der Waals surface area contributed by atoms with Gasteiger partial charge in [-0.2, -0.15) is 0 Å². The highest BCUT2D eigenvalue weighted by Crippen LogP contribution is 2.28. The van der Waals surface area contributed by atoms with Gasteiger partial charge < -0.3 is 14.2 Å². The molecule has 0 heterocycles. The van der Waals surface area contributed by atoms with E-state index in [9.17, 15) is 4.79 Å². The lowest BCUT2D eigenvalue weighted by molar-refractivity contribution is -0.148. The van der Waals surface area contributed by atoms with Crippen molar-refractivity contribution >= 4 is 5.97 Å². The molecule has 2 aromatic carbocycles. The molecule has 0 aromatic heterocycles. The molecule has 0 spiro atoms. The van der Waals surface area contributed by atoms with Crippen molar-refractivity contribution in [2.75, 3.05) is 26.9 Å². The minimum Gasteiger partial charge on any atom is -0.491 e. The first kappa shape index (κ1) is 19.0. The molecule has 2 rings (SSSR count). The van der Waals surface area contributed by atoms with Crippen LogP contribution in [0.3, 0.4) is 0 Å². The van der Waals surface area contributed by atoms with E-state index in [-0.39, 0.29) is 5.97 Å². The molecule has 0 aliphatic carbocycles. The van der Waals surface area contributed by atoms with Gasteiger partial charge in [-0.1, -0.05) is 36.4 Å². The summed E-state index contributed by atoms with van der Waals surface area (Å²) in [6, 6.07) is 15.9. The minimum atomic E-state index is -0.659. The van der Waals surface area contributed by atoms with Crippen molar-refractivity contribution in [3.05, 3.63) is 54.1 Å². The van der Waals surface area contributed by atoms with Crippen molar-refractivity contribution in [1.29, 1.82) is 0 Å². The first-order valence-corrected chi connectivity index (χ1v) is 8.49. The highest BCUT2D eigenvalue weighted by atomic mass is 16.5. The fourth-order valence-corrected chi connectivity index (χ4v) is 2.50. The molecule has 0 bridgehead atoms. The predicted octanol–water partition coefficient (Wildman–Crippen LogP) is 4.22. The molecule has 25 heavy (non-hydrogen) atoms. The Morgan fingerprint density at radius 1 is 0.920 bits per heavy atom. The lowest BCUT2D eigenvalue weighted by Crippen LogP contribution is -2.31. The van der Waals surface area contributed by atoms with Crippen molar-refractivity contribution in [3.8, 4) is 16.9 Å². The third kappa shape index (κ3) is 4.83. The quantitative estimate of drug-likeness (QED) is 0.532. The number of carbonyl (C=O) groups excluding carboxylic acids is 1. The van der Waals surface area contributed by atoms with E-state index in [1.807, 2.05) is 69.3 Å². The lowest BCUT2D eigenvalue weighted by Gasteiger charge is -2.23. The van der Waals surface area contributed by atoms with E-state index in [4.69, 9.17) is 14.2 Å². The third-order valence-electron chi connectivity index (χ3n) is 4.14. The summed E-state index contributed by atoms with van der Waals surface area (Å²) < 4.78 is 15.7. The molecule has 0 aliphatic rings. The Labute approximate surface area is 149 Å². The van der Waals surface area contributed by atoms with Gasteiger partial charge >= 0.3 is 5.97 Å². The van der Waals surface area contributed by atoms with Crippen LogP contribution in [0.5, 0.6) is 5.75 Å². The maximum atomic E-state index is 12.1. The summed E-state index contributed by atoms with van der Waals surface area (Å²) in [5.74, 6) is 0.612. The highest BCUT2D eigenvalue weighted by Gasteiger charge is 2.31. The topological polar surface area (TPSA) is 44.8 Å². The molecule has 0 radical (unpaired) electrons. The second kappa shape index (κ2) is 8.67. The van der Waals surface area contributed by atoms with Crippen LogP contribution < -0.4 is 4.74 Å². The van der Waals surface area contributed by atoms with E-state index in [0.717, 1.165) is 22.4 Å². The Hall–Kier alpha value is -2.33. The summed E-state index contributed by atoms with van der Waals surface area (Å²) in [6.07, 6.45) is 0. The summed E-state index contributed by atoms with van der Waals surface area (Å²) in [7, 11) is 1.65. The molecule has 0 saturated heterocycles. The molecule has 0 fully saturated rings. The van der Waals surface area contributed by atoms with Crippen molar-refractivity contribution < 1.29 is 19.0 Å². The first-order chi connectivity index (χ1) is 12.0. The van der Waals surface area contributed by atoms with E-state index < -0.39 is 5.41 Å². The molecular weight excluding hydrogens is 316 g/mol. The summed E-state index contributed by atoms with van der Waals surface area (Å²) in [5, 5.41) is 0. The zero-order chi connectivity index (χ0) is 18.3. The molecule has 0 N–H and O–H groups in total. The standard InChI is InChI=1S/C21H26O4/c1-5-24-20(22)21(2,3)18-10-6-16(7-11-18)17-8-12-19(13-9-17)25-15-14-23-4/h6-13H,5,14-15H2,1-4H3. The number of methoxy groups -OCH3 is 1. The van der Waals surface area contributed by atoms with Gasteiger partial charge in [0.15, 0.2) is 0 Å². The lowest BCUT2D eigenvalue weighted by atomic mass is 9.84. The molecule has 2 aromatic rings. The van der Waals surface area contributed by atoms with E-state index in [1.165, 1.54) is 0 Å². The van der Waals surface area contributed by atoms with Crippen LogP contribution in [-0.2, 0) is 19.7 Å². The zero-order valence-corrected chi connectivity index (χ0v) is 15.4. The second-order valence-electron chi connectivity index (χ2n) is 6.29. The fourth-order valence-electron chi connectivity index (χ4n) is 2.50. The number of ether oxygens (including phenoxy) is 3. The van der Waals surface area contributed by atoms with E-state index in [2.05, 4.69) is 0 Å². The smallest absolute Gasteiger partial charge is 0.315 e. The van der Waals surface area contributed by atoms with Crippen LogP contribution in [0, 0.1) is 0 Å². The van der Waals surface area contributed by atoms with Gasteiger partial charge in [0.25, 0.3) is 0 Å². The largest absolute Gasteiger partial charge is 0.491 e. The van der Waals surface area contributed by atoms with Crippen molar-refractivity contribution in [1.82, 2.24) is 0 Å². The van der Waals surface area contributed by atoms with Crippen LogP contribution in [0.2, 0.25) is 0 Å². The molecule has 134 valence electrons. The zero-order valence-electron chi connectivity index (χ0n) is 15.4. The maximum Gasteiger partial charge on any atom is 0.315 e. The van der Waals surface area contributed by atoms with Crippen molar-refractivity contribution in [2.45, 2.75) is 26.2 Å². The van der Waals surface area contributed by atoms with Gasteiger partial charge in [-0.25, -0.2) is 0 Å². The summed E-state index contributed by atoms with van der Waals surface area (Å²) in [6.45, 7) is 7.07. The summed E-state index contributed by atoms with van der Waals surface area (Å²) in [5.41, 5.74) is 2.47. The summed E-state index contributed by atoms with van der Waals surface area (Å²) >= 11 is 0. The third-order valence-corrected chi connectivity index (χ3v) is 4.14. The number of hydrogen-bond acceptors (Lipinski definition) is 4. The molecule has 0 atom stereocenters. The number of esters is 1. The predicted molar refractivity (Wildman–Crippen MR) is 98.9 cm³/mol. The molecule has 0 unspecified atom stereocenters. The van der Waals surface area contributed by atoms with E-state index in [0.29, 0.717) is 19.8 Å². The van der Waals surface area contributed by atoms with Gasteiger partial charge in [-0.15, -0.1) is 0 Å². The number of rotatable bonds is 8. The van der Waals surface area contributed by atoms with Crippen LogP contribution in [0.4, 0.5) is 0 Å². The Kier molecular flexibility index (Phi) is 6.59. The normalized spacial score (nSPS) is 11.2. The van der Waals surface area contributed by atoms with Crippen LogP contribution in [0.1, 0.15) is 26.3 Å². The average Bonchev–Trinajstić information content (AvgIpc) is 2.63. The Morgan fingerprint density at radius 2 is 1.48 bits per heavy atom. The van der Waals surface area contributed by atoms with Gasteiger partial charge in [-0.3, -0.25) is 4.79 Å². The number of hydrogen-bond donors (Lipinski definition) is 0. The van der Waals surface area contributed by atoms with E-state index >= 15 is 0 Å². The molecule has 4 nitrogen and oxygen atoms in total. The first-order valence-electron chi connectivity index (χ1n) is 8.49. The minimum absolute atomic E-state index is 0.208. The van der Waals surface area contributed by atoms with Gasteiger partial charge in [0.05, 0.1) is 18.6 Å². The van der Waals surface area contributed by atoms with Crippen LogP contribution in [0.25, 0.3) is 11.1 Å². The van der Waals surface area contributed by atoms with Crippen molar-refractivity contribution in [3.63, 3.8) is 0 Å². The monoisotopic (exact) mass is 342 g/mol. The highest BCUT2D eigenvalue weighted by molar-refractivity contribution is 5.82. The maximum absolute atomic E-state index is 12.1. The van der Waals surface area contributed by atoms with Gasteiger partial charge in [0, 0.05) is 7.11 Å².